The first-order valence-electron chi connectivity index (χ1n) is 10.9. The SMILES string of the molecule is CO[C@@H](Cc1ccc(O[C@@H](C)CCOc2ccc(Oc3ccccc3)c(C)c2)cc1)C(=O)O. The Morgan fingerprint density at radius 1 is 0.939 bits per heavy atom. The number of benzene rings is 3. The van der Waals surface area contributed by atoms with Crippen LogP contribution in [-0.2, 0) is 16.0 Å². The molecule has 0 unspecified atom stereocenters. The molecule has 6 nitrogen and oxygen atoms in total. The fourth-order valence-corrected chi connectivity index (χ4v) is 3.27. The fourth-order valence-electron chi connectivity index (χ4n) is 3.27. The van der Waals surface area contributed by atoms with Crippen molar-refractivity contribution in [2.75, 3.05) is 13.7 Å². The molecule has 0 heterocycles. The molecule has 0 aliphatic carbocycles. The smallest absolute Gasteiger partial charge is 0.333 e. The van der Waals surface area contributed by atoms with Gasteiger partial charge in [-0.2, -0.15) is 0 Å². The van der Waals surface area contributed by atoms with Crippen LogP contribution in [-0.4, -0.2) is 37.0 Å². The lowest BCUT2D eigenvalue weighted by Gasteiger charge is -2.16. The lowest BCUT2D eigenvalue weighted by atomic mass is 10.1. The highest BCUT2D eigenvalue weighted by Crippen LogP contribution is 2.28. The van der Waals surface area contributed by atoms with E-state index in [1.807, 2.05) is 86.6 Å². The van der Waals surface area contributed by atoms with Gasteiger partial charge < -0.3 is 24.1 Å². The van der Waals surface area contributed by atoms with Crippen LogP contribution in [0.3, 0.4) is 0 Å². The van der Waals surface area contributed by atoms with Crippen LogP contribution in [0.15, 0.2) is 72.8 Å². The number of carboxylic acids is 1. The van der Waals surface area contributed by atoms with Crippen LogP contribution >= 0.6 is 0 Å². The predicted molar refractivity (Wildman–Crippen MR) is 126 cm³/mol. The summed E-state index contributed by atoms with van der Waals surface area (Å²) in [6.45, 7) is 4.50. The Morgan fingerprint density at radius 3 is 2.27 bits per heavy atom. The molecule has 174 valence electrons. The van der Waals surface area contributed by atoms with Gasteiger partial charge in [-0.3, -0.25) is 0 Å². The Bertz CT molecular complexity index is 1020. The minimum atomic E-state index is -0.972. The minimum absolute atomic E-state index is 0.0385. The average Bonchev–Trinajstić information content (AvgIpc) is 2.81. The highest BCUT2D eigenvalue weighted by Gasteiger charge is 2.16. The third-order valence-electron chi connectivity index (χ3n) is 5.15. The molecular formula is C27H30O6. The average molecular weight is 451 g/mol. The first-order chi connectivity index (χ1) is 15.9. The zero-order valence-electron chi connectivity index (χ0n) is 19.2. The second kappa shape index (κ2) is 11.9. The van der Waals surface area contributed by atoms with Gasteiger partial charge in [-0.05, 0) is 67.4 Å². The largest absolute Gasteiger partial charge is 0.493 e. The van der Waals surface area contributed by atoms with Crippen LogP contribution in [0.5, 0.6) is 23.0 Å². The summed E-state index contributed by atoms with van der Waals surface area (Å²) in [7, 11) is 1.40. The molecule has 3 aromatic carbocycles. The van der Waals surface area contributed by atoms with E-state index in [1.165, 1.54) is 7.11 Å². The number of hydrogen-bond donors (Lipinski definition) is 1. The van der Waals surface area contributed by atoms with Gasteiger partial charge in [0.1, 0.15) is 23.0 Å². The molecule has 0 aromatic heterocycles. The zero-order valence-corrected chi connectivity index (χ0v) is 19.2. The Balaban J connectivity index is 1.44. The van der Waals surface area contributed by atoms with E-state index < -0.39 is 12.1 Å². The van der Waals surface area contributed by atoms with Crippen LogP contribution < -0.4 is 14.2 Å². The number of aryl methyl sites for hydroxylation is 1. The third kappa shape index (κ3) is 7.54. The molecule has 3 aromatic rings. The standard InChI is InChI=1S/C27H30O6/c1-19-17-24(13-14-25(19)33-22-7-5-4-6-8-22)31-16-15-20(2)32-23-11-9-21(10-12-23)18-26(30-3)27(28)29/h4-14,17,20,26H,15-16,18H2,1-3H3,(H,28,29)/t20-,26-/m0/s1. The van der Waals surface area contributed by atoms with Gasteiger partial charge in [0.2, 0.25) is 0 Å². The zero-order chi connectivity index (χ0) is 23.6. The van der Waals surface area contributed by atoms with Gasteiger partial charge in [-0.15, -0.1) is 0 Å². The van der Waals surface area contributed by atoms with Crippen molar-refractivity contribution in [3.05, 3.63) is 83.9 Å². The highest BCUT2D eigenvalue weighted by atomic mass is 16.5. The number of aliphatic carboxylic acids is 1. The molecule has 0 aliphatic heterocycles. The maximum absolute atomic E-state index is 11.1. The molecule has 2 atom stereocenters. The molecule has 0 radical (unpaired) electrons. The van der Waals surface area contributed by atoms with E-state index >= 15 is 0 Å². The van der Waals surface area contributed by atoms with E-state index in [0.29, 0.717) is 19.4 Å². The third-order valence-corrected chi connectivity index (χ3v) is 5.15. The van der Waals surface area contributed by atoms with Crippen LogP contribution in [0.1, 0.15) is 24.5 Å². The second-order valence-corrected chi connectivity index (χ2v) is 7.82. The summed E-state index contributed by atoms with van der Waals surface area (Å²) in [5, 5.41) is 9.09. The van der Waals surface area contributed by atoms with Crippen molar-refractivity contribution in [3.8, 4) is 23.0 Å². The molecule has 0 saturated heterocycles. The number of rotatable bonds is 12. The normalized spacial score (nSPS) is 12.6. The summed E-state index contributed by atoms with van der Waals surface area (Å²) in [6.07, 6.45) is 0.136. The number of carboxylic acid groups (broad SMARTS) is 1. The number of ether oxygens (including phenoxy) is 4. The molecule has 6 heteroatoms. The Hall–Kier alpha value is -3.51. The summed E-state index contributed by atoms with van der Waals surface area (Å²) in [5.41, 5.74) is 1.88. The predicted octanol–water partition coefficient (Wildman–Crippen LogP) is 5.67. The summed E-state index contributed by atoms with van der Waals surface area (Å²) >= 11 is 0. The van der Waals surface area contributed by atoms with E-state index in [9.17, 15) is 4.79 Å². The van der Waals surface area contributed by atoms with Gasteiger partial charge in [0, 0.05) is 20.0 Å². The first kappa shape index (κ1) is 24.1. The minimum Gasteiger partial charge on any atom is -0.493 e. The van der Waals surface area contributed by atoms with E-state index in [2.05, 4.69) is 0 Å². The van der Waals surface area contributed by atoms with Gasteiger partial charge in [0.15, 0.2) is 6.10 Å². The van der Waals surface area contributed by atoms with Crippen LogP contribution in [0.4, 0.5) is 0 Å². The molecule has 0 saturated carbocycles. The monoisotopic (exact) mass is 450 g/mol. The molecule has 0 fully saturated rings. The summed E-state index contributed by atoms with van der Waals surface area (Å²) in [4.78, 5) is 11.1. The molecule has 33 heavy (non-hydrogen) atoms. The van der Waals surface area contributed by atoms with Crippen molar-refractivity contribution in [1.82, 2.24) is 0 Å². The van der Waals surface area contributed by atoms with Gasteiger partial charge in [0.05, 0.1) is 12.7 Å². The molecule has 0 spiro atoms. The summed E-state index contributed by atoms with van der Waals surface area (Å²) in [5.74, 6) is 2.15. The van der Waals surface area contributed by atoms with E-state index in [4.69, 9.17) is 24.1 Å². The van der Waals surface area contributed by atoms with Gasteiger partial charge in [-0.25, -0.2) is 4.79 Å². The number of para-hydroxylation sites is 1. The van der Waals surface area contributed by atoms with Crippen molar-refractivity contribution >= 4 is 5.97 Å². The first-order valence-corrected chi connectivity index (χ1v) is 10.9. The van der Waals surface area contributed by atoms with Gasteiger partial charge >= 0.3 is 5.97 Å². The second-order valence-electron chi connectivity index (χ2n) is 7.82. The van der Waals surface area contributed by atoms with Crippen LogP contribution in [0, 0.1) is 6.92 Å². The Kier molecular flexibility index (Phi) is 8.72. The topological polar surface area (TPSA) is 74.2 Å². The quantitative estimate of drug-likeness (QED) is 0.383. The number of methoxy groups -OCH3 is 1. The number of carbonyl (C=O) groups is 1. The molecule has 0 amide bonds. The Labute approximate surface area is 194 Å². The number of hydrogen-bond acceptors (Lipinski definition) is 5. The van der Waals surface area contributed by atoms with Crippen molar-refractivity contribution in [3.63, 3.8) is 0 Å². The van der Waals surface area contributed by atoms with Crippen molar-refractivity contribution in [1.29, 1.82) is 0 Å². The van der Waals surface area contributed by atoms with Crippen molar-refractivity contribution < 1.29 is 28.8 Å². The lowest BCUT2D eigenvalue weighted by molar-refractivity contribution is -0.148. The molecule has 1 N–H and O–H groups in total. The maximum Gasteiger partial charge on any atom is 0.333 e. The summed E-state index contributed by atoms with van der Waals surface area (Å²) < 4.78 is 22.7. The molecule has 0 bridgehead atoms. The fraction of sp³-hybridized carbons (Fsp3) is 0.296. The maximum atomic E-state index is 11.1. The summed E-state index contributed by atoms with van der Waals surface area (Å²) in [6, 6.07) is 22.9. The van der Waals surface area contributed by atoms with E-state index in [0.717, 1.165) is 34.1 Å². The molecular weight excluding hydrogens is 420 g/mol. The lowest BCUT2D eigenvalue weighted by Crippen LogP contribution is -2.24. The Morgan fingerprint density at radius 2 is 1.64 bits per heavy atom. The van der Waals surface area contributed by atoms with Crippen molar-refractivity contribution in [2.45, 2.75) is 38.9 Å². The molecule has 3 rings (SSSR count). The van der Waals surface area contributed by atoms with Crippen LogP contribution in [0.2, 0.25) is 0 Å². The molecule has 0 aliphatic rings. The van der Waals surface area contributed by atoms with Gasteiger partial charge in [0.25, 0.3) is 0 Å². The van der Waals surface area contributed by atoms with Crippen LogP contribution in [0.25, 0.3) is 0 Å². The van der Waals surface area contributed by atoms with E-state index in [-0.39, 0.29) is 6.10 Å². The van der Waals surface area contributed by atoms with Crippen molar-refractivity contribution in [2.24, 2.45) is 0 Å². The van der Waals surface area contributed by atoms with E-state index in [1.54, 1.807) is 0 Å². The van der Waals surface area contributed by atoms with Gasteiger partial charge in [-0.1, -0.05) is 30.3 Å². The highest BCUT2D eigenvalue weighted by molar-refractivity contribution is 5.72.